The lowest BCUT2D eigenvalue weighted by molar-refractivity contribution is -0.131. The molecule has 2 aliphatic rings. The molecule has 20 heavy (non-hydrogen) atoms. The van der Waals surface area contributed by atoms with Crippen molar-refractivity contribution in [1.82, 2.24) is 15.1 Å². The first-order valence-corrected chi connectivity index (χ1v) is 8.41. The van der Waals surface area contributed by atoms with Crippen molar-refractivity contribution in [3.8, 4) is 0 Å². The van der Waals surface area contributed by atoms with Crippen LogP contribution in [0.5, 0.6) is 0 Å². The van der Waals surface area contributed by atoms with Gasteiger partial charge in [-0.1, -0.05) is 12.8 Å². The highest BCUT2D eigenvalue weighted by Gasteiger charge is 2.31. The number of carbonyl (C=O) groups excluding carboxylic acids is 1. The molecule has 1 unspecified atom stereocenters. The van der Waals surface area contributed by atoms with Crippen molar-refractivity contribution < 1.29 is 4.79 Å². The molecule has 4 nitrogen and oxygen atoms in total. The van der Waals surface area contributed by atoms with Gasteiger partial charge in [0, 0.05) is 19.6 Å². The van der Waals surface area contributed by atoms with Crippen LogP contribution in [0.1, 0.15) is 45.4 Å². The van der Waals surface area contributed by atoms with Gasteiger partial charge in [-0.25, -0.2) is 0 Å². The van der Waals surface area contributed by atoms with E-state index in [2.05, 4.69) is 10.2 Å². The molecule has 116 valence electrons. The molecule has 2 saturated heterocycles. The fourth-order valence-electron chi connectivity index (χ4n) is 3.62. The third-order valence-electron chi connectivity index (χ3n) is 5.08. The van der Waals surface area contributed by atoms with Crippen molar-refractivity contribution >= 4 is 5.91 Å². The molecule has 0 aliphatic carbocycles. The molecule has 1 atom stereocenters. The van der Waals surface area contributed by atoms with E-state index in [-0.39, 0.29) is 5.91 Å². The molecule has 1 amide bonds. The van der Waals surface area contributed by atoms with Crippen LogP contribution in [0.25, 0.3) is 0 Å². The topological polar surface area (TPSA) is 35.6 Å². The summed E-state index contributed by atoms with van der Waals surface area (Å²) >= 11 is 0. The summed E-state index contributed by atoms with van der Waals surface area (Å²) in [5, 5.41) is 3.46. The summed E-state index contributed by atoms with van der Waals surface area (Å²) in [6, 6.07) is 0.633. The fourth-order valence-corrected chi connectivity index (χ4v) is 3.62. The van der Waals surface area contributed by atoms with Crippen molar-refractivity contribution in [3.05, 3.63) is 0 Å². The van der Waals surface area contributed by atoms with Crippen molar-refractivity contribution in [2.24, 2.45) is 5.92 Å². The molecule has 0 aromatic rings. The average molecular weight is 281 g/mol. The van der Waals surface area contributed by atoms with Crippen LogP contribution in [0.3, 0.4) is 0 Å². The third-order valence-corrected chi connectivity index (χ3v) is 5.08. The molecule has 0 saturated carbocycles. The van der Waals surface area contributed by atoms with Crippen LogP contribution in [0.15, 0.2) is 0 Å². The Morgan fingerprint density at radius 2 is 1.95 bits per heavy atom. The van der Waals surface area contributed by atoms with E-state index in [0.717, 1.165) is 32.1 Å². The highest BCUT2D eigenvalue weighted by atomic mass is 16.2. The monoisotopic (exact) mass is 281 g/mol. The number of piperidine rings is 1. The lowest BCUT2D eigenvalue weighted by atomic mass is 9.87. The summed E-state index contributed by atoms with van der Waals surface area (Å²) < 4.78 is 0. The Balaban J connectivity index is 1.98. The van der Waals surface area contributed by atoms with Gasteiger partial charge in [-0.05, 0) is 58.2 Å². The largest absolute Gasteiger partial charge is 0.345 e. The number of hydrogen-bond acceptors (Lipinski definition) is 3. The molecule has 0 aromatic heterocycles. The second kappa shape index (κ2) is 7.99. The van der Waals surface area contributed by atoms with E-state index in [4.69, 9.17) is 0 Å². The van der Waals surface area contributed by atoms with Gasteiger partial charge in [0.05, 0.1) is 6.54 Å². The van der Waals surface area contributed by atoms with Crippen LogP contribution in [-0.4, -0.2) is 61.5 Å². The first-order valence-electron chi connectivity index (χ1n) is 8.41. The van der Waals surface area contributed by atoms with Gasteiger partial charge in [-0.15, -0.1) is 0 Å². The highest BCUT2D eigenvalue weighted by molar-refractivity contribution is 5.78. The minimum atomic E-state index is 0.285. The normalized spacial score (nSPS) is 26.2. The van der Waals surface area contributed by atoms with E-state index < -0.39 is 0 Å². The maximum atomic E-state index is 12.3. The maximum Gasteiger partial charge on any atom is 0.236 e. The minimum absolute atomic E-state index is 0.285. The molecule has 0 spiro atoms. The number of likely N-dealkylation sites (N-methyl/N-ethyl adjacent to an activating group) is 1. The van der Waals surface area contributed by atoms with Gasteiger partial charge < -0.3 is 10.2 Å². The second-order valence-corrected chi connectivity index (χ2v) is 6.38. The van der Waals surface area contributed by atoms with Crippen LogP contribution < -0.4 is 5.32 Å². The highest BCUT2D eigenvalue weighted by Crippen LogP contribution is 2.28. The second-order valence-electron chi connectivity index (χ2n) is 6.38. The molecule has 4 heteroatoms. The van der Waals surface area contributed by atoms with E-state index in [0.29, 0.717) is 12.6 Å². The zero-order chi connectivity index (χ0) is 14.4. The number of carbonyl (C=O) groups is 1. The van der Waals surface area contributed by atoms with Crippen LogP contribution in [0, 0.1) is 5.92 Å². The van der Waals surface area contributed by atoms with Gasteiger partial charge in [0.1, 0.15) is 0 Å². The SMILES string of the molecule is CCN(C)C(=O)CN1CCCCCC1C1CCNCC1. The number of rotatable bonds is 4. The van der Waals surface area contributed by atoms with Gasteiger partial charge in [0.2, 0.25) is 5.91 Å². The lowest BCUT2D eigenvalue weighted by Gasteiger charge is -2.38. The molecular weight excluding hydrogens is 250 g/mol. The number of hydrogen-bond donors (Lipinski definition) is 1. The third kappa shape index (κ3) is 4.19. The summed E-state index contributed by atoms with van der Waals surface area (Å²) in [4.78, 5) is 16.6. The van der Waals surface area contributed by atoms with E-state index in [1.165, 1.54) is 38.5 Å². The van der Waals surface area contributed by atoms with Crippen molar-refractivity contribution in [2.75, 3.05) is 39.8 Å². The summed E-state index contributed by atoms with van der Waals surface area (Å²) in [5.74, 6) is 1.07. The predicted molar refractivity (Wildman–Crippen MR) is 82.7 cm³/mol. The Morgan fingerprint density at radius 1 is 1.20 bits per heavy atom. The molecule has 2 rings (SSSR count). The molecule has 0 bridgehead atoms. The first kappa shape index (κ1) is 15.8. The van der Waals surface area contributed by atoms with Gasteiger partial charge in [-0.3, -0.25) is 9.69 Å². The zero-order valence-electron chi connectivity index (χ0n) is 13.2. The van der Waals surface area contributed by atoms with Crippen molar-refractivity contribution in [1.29, 1.82) is 0 Å². The van der Waals surface area contributed by atoms with Crippen LogP contribution in [0.4, 0.5) is 0 Å². The number of likely N-dealkylation sites (tertiary alicyclic amines) is 1. The molecule has 0 radical (unpaired) electrons. The number of nitrogens with zero attached hydrogens (tertiary/aromatic N) is 2. The van der Waals surface area contributed by atoms with Gasteiger partial charge in [-0.2, -0.15) is 0 Å². The predicted octanol–water partition coefficient (Wildman–Crippen LogP) is 1.71. The molecule has 2 fully saturated rings. The van der Waals surface area contributed by atoms with E-state index in [9.17, 15) is 4.79 Å². The summed E-state index contributed by atoms with van der Waals surface area (Å²) in [5.41, 5.74) is 0. The Bertz CT molecular complexity index is 302. The smallest absolute Gasteiger partial charge is 0.236 e. The zero-order valence-corrected chi connectivity index (χ0v) is 13.2. The molecule has 1 N–H and O–H groups in total. The Morgan fingerprint density at radius 3 is 2.65 bits per heavy atom. The Hall–Kier alpha value is -0.610. The number of nitrogens with one attached hydrogen (secondary N) is 1. The first-order chi connectivity index (χ1) is 9.72. The maximum absolute atomic E-state index is 12.3. The van der Waals surface area contributed by atoms with E-state index in [1.54, 1.807) is 0 Å². The van der Waals surface area contributed by atoms with Gasteiger partial charge in [0.15, 0.2) is 0 Å². The summed E-state index contributed by atoms with van der Waals surface area (Å²) in [6.07, 6.45) is 7.76. The summed E-state index contributed by atoms with van der Waals surface area (Å²) in [7, 11) is 1.92. The average Bonchev–Trinajstić information content (AvgIpc) is 2.72. The Labute approximate surface area is 123 Å². The van der Waals surface area contributed by atoms with Gasteiger partial charge >= 0.3 is 0 Å². The molecule has 0 aromatic carbocycles. The quantitative estimate of drug-likeness (QED) is 0.852. The lowest BCUT2D eigenvalue weighted by Crippen LogP contribution is -2.48. The summed E-state index contributed by atoms with van der Waals surface area (Å²) in [6.45, 7) is 6.89. The van der Waals surface area contributed by atoms with E-state index >= 15 is 0 Å². The fraction of sp³-hybridized carbons (Fsp3) is 0.938. The number of amides is 1. The van der Waals surface area contributed by atoms with Crippen molar-refractivity contribution in [2.45, 2.75) is 51.5 Å². The van der Waals surface area contributed by atoms with Crippen LogP contribution in [0.2, 0.25) is 0 Å². The molecule has 2 heterocycles. The Kier molecular flexibility index (Phi) is 6.30. The van der Waals surface area contributed by atoms with Crippen LogP contribution in [-0.2, 0) is 4.79 Å². The molecular formula is C16H31N3O. The van der Waals surface area contributed by atoms with E-state index in [1.807, 2.05) is 18.9 Å². The van der Waals surface area contributed by atoms with Crippen LogP contribution >= 0.6 is 0 Å². The minimum Gasteiger partial charge on any atom is -0.345 e. The molecule has 2 aliphatic heterocycles. The standard InChI is InChI=1S/C16H31N3O/c1-3-18(2)16(20)13-19-12-6-4-5-7-15(19)14-8-10-17-11-9-14/h14-15,17H,3-13H2,1-2H3. The van der Waals surface area contributed by atoms with Gasteiger partial charge in [0.25, 0.3) is 0 Å². The van der Waals surface area contributed by atoms with Crippen molar-refractivity contribution in [3.63, 3.8) is 0 Å².